The average Bonchev–Trinajstić information content (AvgIpc) is 2.65. The Morgan fingerprint density at radius 1 is 1.11 bits per heavy atom. The van der Waals surface area contributed by atoms with Gasteiger partial charge in [-0.1, -0.05) is 18.2 Å². The molecular formula is C19H26ClN3O4S. The zero-order valence-electron chi connectivity index (χ0n) is 16.1. The number of hydrogen-bond donors (Lipinski definition) is 3. The van der Waals surface area contributed by atoms with Crippen molar-refractivity contribution in [3.8, 4) is 5.75 Å². The third-order valence-electron chi connectivity index (χ3n) is 4.00. The van der Waals surface area contributed by atoms with E-state index in [0.29, 0.717) is 29.1 Å². The molecule has 0 aliphatic heterocycles. The number of ether oxygens (including phenoxy) is 1. The van der Waals surface area contributed by atoms with Crippen LogP contribution in [0.3, 0.4) is 0 Å². The second-order valence-corrected chi connectivity index (χ2v) is 7.68. The molecule has 0 saturated heterocycles. The van der Waals surface area contributed by atoms with Crippen LogP contribution in [-0.2, 0) is 10.0 Å². The number of aryl methyl sites for hydroxylation is 1. The number of sulfonamides is 1. The predicted octanol–water partition coefficient (Wildman–Crippen LogP) is 2.57. The largest absolute Gasteiger partial charge is 0.495 e. The summed E-state index contributed by atoms with van der Waals surface area (Å²) in [7, 11) is -0.558. The Bertz CT molecular complexity index is 904. The van der Waals surface area contributed by atoms with Crippen LogP contribution in [0.4, 0.5) is 5.69 Å². The van der Waals surface area contributed by atoms with Crippen LogP contribution in [0.5, 0.6) is 5.75 Å². The van der Waals surface area contributed by atoms with Crippen molar-refractivity contribution in [2.24, 2.45) is 0 Å². The number of halogens is 1. The smallest absolute Gasteiger partial charge is 0.262 e. The number of rotatable bonds is 9. The zero-order chi connectivity index (χ0) is 19.9. The predicted molar refractivity (Wildman–Crippen MR) is 113 cm³/mol. The van der Waals surface area contributed by atoms with Gasteiger partial charge in [0.15, 0.2) is 0 Å². The van der Waals surface area contributed by atoms with E-state index >= 15 is 0 Å². The van der Waals surface area contributed by atoms with Crippen LogP contribution < -0.4 is 20.1 Å². The van der Waals surface area contributed by atoms with E-state index in [1.165, 1.54) is 19.2 Å². The first kappa shape index (κ1) is 23.7. The summed E-state index contributed by atoms with van der Waals surface area (Å²) in [6, 6.07) is 11.2. The first-order valence-corrected chi connectivity index (χ1v) is 10.1. The minimum absolute atomic E-state index is 0. The van der Waals surface area contributed by atoms with Crippen molar-refractivity contribution < 1.29 is 17.9 Å². The fourth-order valence-electron chi connectivity index (χ4n) is 2.51. The fraction of sp³-hybridized carbons (Fsp3) is 0.316. The van der Waals surface area contributed by atoms with E-state index in [4.69, 9.17) is 4.74 Å². The van der Waals surface area contributed by atoms with Gasteiger partial charge in [0.1, 0.15) is 5.75 Å². The van der Waals surface area contributed by atoms with Crippen LogP contribution in [0.25, 0.3) is 0 Å². The minimum Gasteiger partial charge on any atom is -0.495 e. The zero-order valence-corrected chi connectivity index (χ0v) is 17.7. The molecule has 0 atom stereocenters. The molecule has 9 heteroatoms. The molecule has 2 rings (SSSR count). The number of carbonyl (C=O) groups excluding carboxylic acids is 1. The van der Waals surface area contributed by atoms with Crippen LogP contribution in [0, 0.1) is 6.92 Å². The van der Waals surface area contributed by atoms with E-state index in [1.54, 1.807) is 37.3 Å². The standard InChI is InChI=1S/C19H25N3O4S.ClH/c1-14-9-10-15(13-16(14)19(23)21-12-6-11-20-2)27(24,25)22-17-7-4-5-8-18(17)26-3;/h4-5,7-10,13,20,22H,6,11-12H2,1-3H3,(H,21,23);1H. The monoisotopic (exact) mass is 427 g/mol. The van der Waals surface area contributed by atoms with Gasteiger partial charge in [-0.3, -0.25) is 9.52 Å². The molecule has 0 radical (unpaired) electrons. The van der Waals surface area contributed by atoms with Crippen LogP contribution in [0.2, 0.25) is 0 Å². The molecule has 0 spiro atoms. The number of benzene rings is 2. The number of amides is 1. The van der Waals surface area contributed by atoms with Crippen molar-refractivity contribution in [1.29, 1.82) is 0 Å². The lowest BCUT2D eigenvalue weighted by atomic mass is 10.1. The van der Waals surface area contributed by atoms with E-state index in [9.17, 15) is 13.2 Å². The second kappa shape index (κ2) is 10.9. The molecular weight excluding hydrogens is 402 g/mol. The molecule has 2 aromatic rings. The van der Waals surface area contributed by atoms with Gasteiger partial charge >= 0.3 is 0 Å². The summed E-state index contributed by atoms with van der Waals surface area (Å²) >= 11 is 0. The maximum absolute atomic E-state index is 12.7. The summed E-state index contributed by atoms with van der Waals surface area (Å²) in [5.74, 6) is 0.119. The Morgan fingerprint density at radius 2 is 1.82 bits per heavy atom. The Labute approximate surface area is 172 Å². The minimum atomic E-state index is -3.87. The normalized spacial score (nSPS) is 10.7. The molecule has 0 aromatic heterocycles. The summed E-state index contributed by atoms with van der Waals surface area (Å²) in [6.45, 7) is 3.07. The van der Waals surface area contributed by atoms with E-state index in [0.717, 1.165) is 13.0 Å². The Balaban J connectivity index is 0.00000392. The van der Waals surface area contributed by atoms with Gasteiger partial charge in [0.25, 0.3) is 15.9 Å². The SMILES string of the molecule is CNCCCNC(=O)c1cc(S(=O)(=O)Nc2ccccc2OC)ccc1C.Cl. The highest BCUT2D eigenvalue weighted by Crippen LogP contribution is 2.26. The molecule has 0 aliphatic rings. The van der Waals surface area contributed by atoms with Crippen molar-refractivity contribution in [3.63, 3.8) is 0 Å². The van der Waals surface area contributed by atoms with E-state index < -0.39 is 10.0 Å². The highest BCUT2D eigenvalue weighted by Gasteiger charge is 2.19. The Hall–Kier alpha value is -2.29. The fourth-order valence-corrected chi connectivity index (χ4v) is 3.60. The molecule has 0 bridgehead atoms. The van der Waals surface area contributed by atoms with Crippen molar-refractivity contribution >= 4 is 34.0 Å². The summed E-state index contributed by atoms with van der Waals surface area (Å²) in [6.07, 6.45) is 0.786. The summed E-state index contributed by atoms with van der Waals surface area (Å²) in [4.78, 5) is 12.4. The third-order valence-corrected chi connectivity index (χ3v) is 5.37. The first-order chi connectivity index (χ1) is 12.9. The molecule has 7 nitrogen and oxygen atoms in total. The Morgan fingerprint density at radius 3 is 2.50 bits per heavy atom. The maximum atomic E-state index is 12.7. The van der Waals surface area contributed by atoms with Crippen molar-refractivity contribution in [2.45, 2.75) is 18.2 Å². The maximum Gasteiger partial charge on any atom is 0.262 e. The molecule has 0 heterocycles. The summed E-state index contributed by atoms with van der Waals surface area (Å²) in [5.41, 5.74) is 1.37. The molecule has 3 N–H and O–H groups in total. The van der Waals surface area contributed by atoms with Gasteiger partial charge < -0.3 is 15.4 Å². The highest BCUT2D eigenvalue weighted by molar-refractivity contribution is 7.92. The third kappa shape index (κ3) is 6.12. The summed E-state index contributed by atoms with van der Waals surface area (Å²) in [5, 5.41) is 5.81. The van der Waals surface area contributed by atoms with Crippen LogP contribution in [-0.4, -0.2) is 41.6 Å². The van der Waals surface area contributed by atoms with Gasteiger partial charge in [-0.15, -0.1) is 12.4 Å². The number of para-hydroxylation sites is 2. The van der Waals surface area contributed by atoms with Crippen LogP contribution in [0.1, 0.15) is 22.3 Å². The van der Waals surface area contributed by atoms with Gasteiger partial charge in [0.2, 0.25) is 0 Å². The number of carbonyl (C=O) groups is 1. The van der Waals surface area contributed by atoms with Crippen LogP contribution in [0.15, 0.2) is 47.4 Å². The molecule has 0 unspecified atom stereocenters. The molecule has 1 amide bonds. The van der Waals surface area contributed by atoms with E-state index in [2.05, 4.69) is 15.4 Å². The lowest BCUT2D eigenvalue weighted by Crippen LogP contribution is -2.27. The molecule has 0 aliphatic carbocycles. The van der Waals surface area contributed by atoms with Crippen molar-refractivity contribution in [2.75, 3.05) is 32.0 Å². The Kier molecular flexibility index (Phi) is 9.24. The topological polar surface area (TPSA) is 96.5 Å². The molecule has 154 valence electrons. The van der Waals surface area contributed by atoms with Crippen LogP contribution >= 0.6 is 12.4 Å². The number of methoxy groups -OCH3 is 1. The second-order valence-electron chi connectivity index (χ2n) is 6.00. The van der Waals surface area contributed by atoms with E-state index in [-0.39, 0.29) is 23.2 Å². The van der Waals surface area contributed by atoms with Crippen molar-refractivity contribution in [1.82, 2.24) is 10.6 Å². The molecule has 0 fully saturated rings. The van der Waals surface area contributed by atoms with E-state index in [1.807, 2.05) is 7.05 Å². The van der Waals surface area contributed by atoms with Gasteiger partial charge in [0, 0.05) is 12.1 Å². The molecule has 0 saturated carbocycles. The van der Waals surface area contributed by atoms with Gasteiger partial charge in [-0.2, -0.15) is 0 Å². The lowest BCUT2D eigenvalue weighted by molar-refractivity contribution is 0.0952. The highest BCUT2D eigenvalue weighted by atomic mass is 35.5. The molecule has 28 heavy (non-hydrogen) atoms. The average molecular weight is 428 g/mol. The summed E-state index contributed by atoms with van der Waals surface area (Å²) < 4.78 is 33.2. The van der Waals surface area contributed by atoms with Gasteiger partial charge in [-0.25, -0.2) is 8.42 Å². The quantitative estimate of drug-likeness (QED) is 0.534. The number of hydrogen-bond acceptors (Lipinski definition) is 5. The lowest BCUT2D eigenvalue weighted by Gasteiger charge is -2.13. The van der Waals surface area contributed by atoms with Gasteiger partial charge in [-0.05, 0) is 56.8 Å². The number of nitrogens with one attached hydrogen (secondary N) is 3. The van der Waals surface area contributed by atoms with Crippen molar-refractivity contribution in [3.05, 3.63) is 53.6 Å². The molecule has 2 aromatic carbocycles. The number of anilines is 1. The first-order valence-electron chi connectivity index (χ1n) is 8.58. The van der Waals surface area contributed by atoms with Gasteiger partial charge in [0.05, 0.1) is 17.7 Å².